The standard InChI is InChI=1S/C12H9NO2.Na/c14-12(15)11-3-1-9(2-4-11)10-5-7-13-8-6-10;/h1-8H,(H,14,15);. The average molecular weight is 222 g/mol. The van der Waals surface area contributed by atoms with E-state index in [4.69, 9.17) is 5.11 Å². The second-order valence-electron chi connectivity index (χ2n) is 3.12. The summed E-state index contributed by atoms with van der Waals surface area (Å²) in [6.07, 6.45) is 3.42. The molecule has 0 amide bonds. The summed E-state index contributed by atoms with van der Waals surface area (Å²) in [6.45, 7) is 0. The number of hydrogen-bond acceptors (Lipinski definition) is 2. The monoisotopic (exact) mass is 222 g/mol. The van der Waals surface area contributed by atoms with Crippen molar-refractivity contribution in [1.29, 1.82) is 0 Å². The predicted octanol–water partition coefficient (Wildman–Crippen LogP) is 2.07. The van der Waals surface area contributed by atoms with Gasteiger partial charge >= 0.3 is 5.97 Å². The van der Waals surface area contributed by atoms with E-state index >= 15 is 0 Å². The second kappa shape index (κ2) is 5.80. The second-order valence-corrected chi connectivity index (χ2v) is 3.12. The number of pyridine rings is 1. The van der Waals surface area contributed by atoms with Gasteiger partial charge in [-0.3, -0.25) is 4.98 Å². The zero-order valence-electron chi connectivity index (χ0n) is 8.92. The van der Waals surface area contributed by atoms with Crippen molar-refractivity contribution in [3.63, 3.8) is 0 Å². The molecule has 0 spiro atoms. The zero-order valence-corrected chi connectivity index (χ0v) is 10.9. The van der Waals surface area contributed by atoms with Gasteiger partial charge in [0.15, 0.2) is 0 Å². The van der Waals surface area contributed by atoms with Gasteiger partial charge in [0.2, 0.25) is 0 Å². The van der Waals surface area contributed by atoms with Gasteiger partial charge in [0, 0.05) is 42.0 Å². The van der Waals surface area contributed by atoms with Crippen molar-refractivity contribution in [2.45, 2.75) is 0 Å². The molecule has 75 valence electrons. The maximum Gasteiger partial charge on any atom is 0.335 e. The molecule has 1 aromatic carbocycles. The quantitative estimate of drug-likeness (QED) is 0.791. The van der Waals surface area contributed by atoms with Gasteiger partial charge in [-0.25, -0.2) is 4.79 Å². The number of carbonyl (C=O) groups is 1. The van der Waals surface area contributed by atoms with E-state index in [1.54, 1.807) is 36.7 Å². The first kappa shape index (κ1) is 12.9. The number of hydrogen-bond donors (Lipinski definition) is 1. The Labute approximate surface area is 115 Å². The van der Waals surface area contributed by atoms with Crippen LogP contribution >= 0.6 is 0 Å². The van der Waals surface area contributed by atoms with Crippen LogP contribution in [0.5, 0.6) is 0 Å². The Bertz CT molecular complexity index is 468. The minimum Gasteiger partial charge on any atom is -0.478 e. The fourth-order valence-electron chi connectivity index (χ4n) is 1.35. The molecular weight excluding hydrogens is 213 g/mol. The summed E-state index contributed by atoms with van der Waals surface area (Å²) >= 11 is 0. The summed E-state index contributed by atoms with van der Waals surface area (Å²) in [4.78, 5) is 14.6. The number of rotatable bonds is 2. The van der Waals surface area contributed by atoms with E-state index in [1.165, 1.54) is 0 Å². The number of benzene rings is 1. The Morgan fingerprint density at radius 3 is 1.94 bits per heavy atom. The first-order valence-corrected chi connectivity index (χ1v) is 4.51. The van der Waals surface area contributed by atoms with Gasteiger partial charge in [-0.15, -0.1) is 0 Å². The van der Waals surface area contributed by atoms with E-state index in [0.29, 0.717) is 5.56 Å². The number of nitrogens with zero attached hydrogens (tertiary/aromatic N) is 1. The van der Waals surface area contributed by atoms with Crippen LogP contribution in [-0.2, 0) is 0 Å². The molecule has 4 heteroatoms. The van der Waals surface area contributed by atoms with Gasteiger partial charge in [0.05, 0.1) is 5.56 Å². The minimum atomic E-state index is -0.906. The molecule has 0 bridgehead atoms. The van der Waals surface area contributed by atoms with Crippen molar-refractivity contribution in [3.8, 4) is 11.1 Å². The van der Waals surface area contributed by atoms with Crippen molar-refractivity contribution in [2.75, 3.05) is 0 Å². The molecule has 1 aromatic heterocycles. The Kier molecular flexibility index (Phi) is 4.68. The zero-order chi connectivity index (χ0) is 10.7. The van der Waals surface area contributed by atoms with Crippen molar-refractivity contribution in [3.05, 3.63) is 54.4 Å². The van der Waals surface area contributed by atoms with E-state index < -0.39 is 5.97 Å². The predicted molar refractivity (Wildman–Crippen MR) is 62.4 cm³/mol. The molecule has 0 saturated heterocycles. The molecule has 16 heavy (non-hydrogen) atoms. The molecule has 1 radical (unpaired) electrons. The summed E-state index contributed by atoms with van der Waals surface area (Å²) in [5.74, 6) is -0.906. The minimum absolute atomic E-state index is 0. The Morgan fingerprint density at radius 1 is 0.938 bits per heavy atom. The van der Waals surface area contributed by atoms with Crippen LogP contribution in [0.3, 0.4) is 0 Å². The molecule has 0 saturated carbocycles. The van der Waals surface area contributed by atoms with Gasteiger partial charge in [-0.05, 0) is 35.4 Å². The van der Waals surface area contributed by atoms with E-state index in [9.17, 15) is 4.79 Å². The van der Waals surface area contributed by atoms with Gasteiger partial charge in [-0.1, -0.05) is 12.1 Å². The Balaban J connectivity index is 0.00000128. The number of aromatic nitrogens is 1. The topological polar surface area (TPSA) is 50.2 Å². The fraction of sp³-hybridized carbons (Fsp3) is 0. The third-order valence-corrected chi connectivity index (χ3v) is 2.15. The SMILES string of the molecule is O=C(O)c1ccc(-c2ccncc2)cc1.[Na]. The third kappa shape index (κ3) is 2.92. The van der Waals surface area contributed by atoms with Gasteiger partial charge in [0.25, 0.3) is 0 Å². The van der Waals surface area contributed by atoms with Gasteiger partial charge in [0.1, 0.15) is 0 Å². The van der Waals surface area contributed by atoms with E-state index in [0.717, 1.165) is 11.1 Å². The van der Waals surface area contributed by atoms with Crippen LogP contribution in [0.4, 0.5) is 0 Å². The number of carboxylic acid groups (broad SMARTS) is 1. The van der Waals surface area contributed by atoms with E-state index in [2.05, 4.69) is 4.98 Å². The van der Waals surface area contributed by atoms with Gasteiger partial charge in [-0.2, -0.15) is 0 Å². The molecule has 0 fully saturated rings. The molecule has 2 aromatic rings. The number of aromatic carboxylic acids is 1. The maximum absolute atomic E-state index is 10.6. The summed E-state index contributed by atoms with van der Waals surface area (Å²) in [7, 11) is 0. The average Bonchev–Trinajstić information content (AvgIpc) is 2.30. The molecular formula is C12H9NNaO2. The molecule has 0 aliphatic heterocycles. The van der Waals surface area contributed by atoms with Crippen LogP contribution in [0.15, 0.2) is 48.8 Å². The van der Waals surface area contributed by atoms with Crippen LogP contribution in [0.25, 0.3) is 11.1 Å². The molecule has 0 aliphatic rings. The molecule has 0 atom stereocenters. The van der Waals surface area contributed by atoms with Crippen molar-refractivity contribution in [2.24, 2.45) is 0 Å². The van der Waals surface area contributed by atoms with Crippen LogP contribution < -0.4 is 0 Å². The summed E-state index contributed by atoms with van der Waals surface area (Å²) in [5, 5.41) is 8.74. The molecule has 0 unspecified atom stereocenters. The Morgan fingerprint density at radius 2 is 1.44 bits per heavy atom. The fourth-order valence-corrected chi connectivity index (χ4v) is 1.35. The van der Waals surface area contributed by atoms with Crippen LogP contribution in [0.1, 0.15) is 10.4 Å². The Hall–Kier alpha value is -1.16. The number of carboxylic acids is 1. The largest absolute Gasteiger partial charge is 0.478 e. The van der Waals surface area contributed by atoms with Crippen molar-refractivity contribution >= 4 is 35.5 Å². The molecule has 0 aliphatic carbocycles. The molecule has 3 nitrogen and oxygen atoms in total. The smallest absolute Gasteiger partial charge is 0.335 e. The molecule has 1 N–H and O–H groups in total. The van der Waals surface area contributed by atoms with Gasteiger partial charge < -0.3 is 5.11 Å². The normalized spacial score (nSPS) is 9.25. The van der Waals surface area contributed by atoms with Crippen molar-refractivity contribution < 1.29 is 9.90 Å². The van der Waals surface area contributed by atoms with E-state index in [1.807, 2.05) is 12.1 Å². The first-order valence-electron chi connectivity index (χ1n) is 4.51. The maximum atomic E-state index is 10.6. The summed E-state index contributed by atoms with van der Waals surface area (Å²) < 4.78 is 0. The third-order valence-electron chi connectivity index (χ3n) is 2.15. The van der Waals surface area contributed by atoms with E-state index in [-0.39, 0.29) is 29.6 Å². The molecule has 2 rings (SSSR count). The first-order chi connectivity index (χ1) is 7.27. The summed E-state index contributed by atoms with van der Waals surface area (Å²) in [5.41, 5.74) is 2.32. The van der Waals surface area contributed by atoms with Crippen LogP contribution in [0, 0.1) is 0 Å². The van der Waals surface area contributed by atoms with Crippen LogP contribution in [0.2, 0.25) is 0 Å². The van der Waals surface area contributed by atoms with Crippen LogP contribution in [-0.4, -0.2) is 45.6 Å². The molecule has 1 heterocycles. The van der Waals surface area contributed by atoms with Crippen molar-refractivity contribution in [1.82, 2.24) is 4.98 Å². The summed E-state index contributed by atoms with van der Waals surface area (Å²) in [6, 6.07) is 10.5.